The Morgan fingerprint density at radius 3 is 2.32 bits per heavy atom. The number of methoxy groups -OCH3 is 1. The van der Waals surface area contributed by atoms with Crippen molar-refractivity contribution >= 4 is 64.2 Å². The summed E-state index contributed by atoms with van der Waals surface area (Å²) in [7, 11) is 1.68. The van der Waals surface area contributed by atoms with Gasteiger partial charge in [-0.25, -0.2) is 4.98 Å². The van der Waals surface area contributed by atoms with Crippen molar-refractivity contribution in [2.24, 2.45) is 11.7 Å². The molecule has 1 aliphatic heterocycles. The van der Waals surface area contributed by atoms with Crippen LogP contribution in [0.25, 0.3) is 11.0 Å². The molecule has 348 valence electrons. The summed E-state index contributed by atoms with van der Waals surface area (Å²) in [5, 5.41) is 26.8. The van der Waals surface area contributed by atoms with E-state index in [0.29, 0.717) is 32.8 Å². The third-order valence-corrected chi connectivity index (χ3v) is 11.5. The number of carbonyl (C=O) groups is 5. The number of piperazine rings is 1. The second-order valence-electron chi connectivity index (χ2n) is 15.2. The molecule has 4 rings (SSSR count). The first-order valence-electron chi connectivity index (χ1n) is 21.4. The first-order chi connectivity index (χ1) is 30.4. The maximum absolute atomic E-state index is 12.9. The number of nitrogens with two attached hydrogens (primary N) is 2. The molecule has 20 nitrogen and oxygen atoms in total. The number of nitrogens with one attached hydrogen (secondary N) is 3. The first kappa shape index (κ1) is 50.4. The Labute approximate surface area is 372 Å². The zero-order chi connectivity index (χ0) is 45.6. The van der Waals surface area contributed by atoms with Gasteiger partial charge in [0.05, 0.1) is 57.9 Å². The highest BCUT2D eigenvalue weighted by molar-refractivity contribution is 7.99. The molecular formula is C42H64N10O10S. The Hall–Kier alpha value is -5.22. The van der Waals surface area contributed by atoms with Gasteiger partial charge in [-0.3, -0.25) is 28.9 Å². The Bertz CT molecular complexity index is 1940. The van der Waals surface area contributed by atoms with E-state index in [1.165, 1.54) is 0 Å². The summed E-state index contributed by atoms with van der Waals surface area (Å²) in [6, 6.07) is 7.14. The van der Waals surface area contributed by atoms with Crippen molar-refractivity contribution in [2.45, 2.75) is 64.6 Å². The number of hydrogen-bond donors (Lipinski definition) is 7. The fourth-order valence-electron chi connectivity index (χ4n) is 6.80. The number of amides is 3. The molecule has 1 saturated heterocycles. The van der Waals surface area contributed by atoms with Gasteiger partial charge >= 0.3 is 11.9 Å². The largest absolute Gasteiger partial charge is 0.496 e. The molecule has 3 heterocycles. The zero-order valence-corrected chi connectivity index (χ0v) is 37.2. The maximum atomic E-state index is 12.9. The molecule has 9 N–H and O–H groups in total. The molecule has 0 aliphatic carbocycles. The second-order valence-corrected chi connectivity index (χ2v) is 16.3. The van der Waals surface area contributed by atoms with Gasteiger partial charge in [0.2, 0.25) is 23.7 Å². The topological polar surface area (TPSA) is 279 Å². The van der Waals surface area contributed by atoms with Crippen molar-refractivity contribution in [3.63, 3.8) is 0 Å². The number of nitrogen functional groups attached to an aromatic ring is 1. The molecule has 1 aromatic carbocycles. The summed E-state index contributed by atoms with van der Waals surface area (Å²) < 4.78 is 19.0. The number of hydrogen-bond acceptors (Lipinski definition) is 15. The third kappa shape index (κ3) is 17.5. The number of unbranched alkanes of at least 4 members (excludes halogenated alkanes) is 2. The number of carboxylic acids is 2. The molecule has 63 heavy (non-hydrogen) atoms. The van der Waals surface area contributed by atoms with Gasteiger partial charge in [0.1, 0.15) is 17.3 Å². The van der Waals surface area contributed by atoms with Crippen molar-refractivity contribution in [1.82, 2.24) is 35.0 Å². The Morgan fingerprint density at radius 2 is 1.60 bits per heavy atom. The second kappa shape index (κ2) is 27.1. The van der Waals surface area contributed by atoms with Gasteiger partial charge in [-0.05, 0) is 24.1 Å². The van der Waals surface area contributed by atoms with Crippen LogP contribution < -0.4 is 32.2 Å². The van der Waals surface area contributed by atoms with Crippen LogP contribution in [-0.4, -0.2) is 161 Å². The SMILES string of the molecule is CCCCCNc1nc(N)nc2ccn(Cc3ccc(CN4CCN(C(=O)CCOCCOCCNC(=O)CCNC(=O)CC(CSC[C@H](N)C(=O)O)C(=O)O)CC4)cc3OC)c12. The van der Waals surface area contributed by atoms with Gasteiger partial charge in [-0.1, -0.05) is 31.9 Å². The summed E-state index contributed by atoms with van der Waals surface area (Å²) in [4.78, 5) is 72.5. The van der Waals surface area contributed by atoms with Crippen LogP contribution in [0.5, 0.6) is 5.75 Å². The van der Waals surface area contributed by atoms with E-state index < -0.39 is 29.8 Å². The smallest absolute Gasteiger partial charge is 0.321 e. The summed E-state index contributed by atoms with van der Waals surface area (Å²) >= 11 is 1.05. The molecule has 3 amide bonds. The van der Waals surface area contributed by atoms with E-state index in [4.69, 9.17) is 30.8 Å². The number of rotatable bonds is 30. The summed E-state index contributed by atoms with van der Waals surface area (Å²) in [5.41, 5.74) is 15.3. The summed E-state index contributed by atoms with van der Waals surface area (Å²) in [5.74, 6) is -2.33. The zero-order valence-electron chi connectivity index (χ0n) is 36.4. The van der Waals surface area contributed by atoms with Crippen molar-refractivity contribution in [2.75, 3.05) is 102 Å². The van der Waals surface area contributed by atoms with Crippen molar-refractivity contribution in [3.8, 4) is 5.75 Å². The van der Waals surface area contributed by atoms with Gasteiger partial charge in [0.25, 0.3) is 0 Å². The van der Waals surface area contributed by atoms with Crippen LogP contribution in [0.15, 0.2) is 30.5 Å². The van der Waals surface area contributed by atoms with Crippen LogP contribution in [0.2, 0.25) is 0 Å². The number of anilines is 2. The standard InChI is InChI=1S/C42H64N10O10S/c1-3-4-5-11-47-39-38-33(48-42(44)49-39)9-14-52(38)26-30-7-6-29(23-34(30)60-2)25-50-15-17-51(18-16-50)37(55)10-19-61-21-22-62-20-13-46-35(53)8-12-45-36(54)24-31(40(56)57)27-63-28-32(43)41(58)59/h6-7,9,14,23,31-32H,3-5,8,10-13,15-22,24-28,43H2,1-2H3,(H,45,54)(H,46,53)(H,56,57)(H,58,59)(H3,44,47,48,49)/t31?,32-/m0/s1. The summed E-state index contributed by atoms with van der Waals surface area (Å²) in [6.07, 6.45) is 5.29. The molecule has 0 bridgehead atoms. The fraction of sp³-hybridized carbons (Fsp3) is 0.595. The van der Waals surface area contributed by atoms with Crippen molar-refractivity contribution < 1.29 is 48.4 Å². The lowest BCUT2D eigenvalue weighted by molar-refractivity contribution is -0.143. The van der Waals surface area contributed by atoms with Gasteiger partial charge in [-0.15, -0.1) is 0 Å². The lowest BCUT2D eigenvalue weighted by Gasteiger charge is -2.35. The number of thioether (sulfide) groups is 1. The average molecular weight is 901 g/mol. The molecular weight excluding hydrogens is 837 g/mol. The van der Waals surface area contributed by atoms with E-state index in [-0.39, 0.29) is 74.8 Å². The highest BCUT2D eigenvalue weighted by Gasteiger charge is 2.24. The third-order valence-electron chi connectivity index (χ3n) is 10.3. The molecule has 1 aliphatic rings. The monoisotopic (exact) mass is 900 g/mol. The predicted molar refractivity (Wildman–Crippen MR) is 239 cm³/mol. The molecule has 1 fully saturated rings. The minimum atomic E-state index is -1.19. The number of aromatic nitrogens is 3. The lowest BCUT2D eigenvalue weighted by atomic mass is 10.1. The average Bonchev–Trinajstić information content (AvgIpc) is 3.66. The fourth-order valence-corrected chi connectivity index (χ4v) is 7.88. The van der Waals surface area contributed by atoms with Gasteiger partial charge < -0.3 is 61.3 Å². The van der Waals surface area contributed by atoms with Crippen LogP contribution in [0.4, 0.5) is 11.8 Å². The maximum Gasteiger partial charge on any atom is 0.321 e. The Morgan fingerprint density at radius 1 is 0.857 bits per heavy atom. The number of aliphatic carboxylic acids is 2. The summed E-state index contributed by atoms with van der Waals surface area (Å²) in [6.45, 7) is 8.48. The normalized spacial score (nSPS) is 14.0. The van der Waals surface area contributed by atoms with E-state index in [9.17, 15) is 29.1 Å². The molecule has 0 saturated carbocycles. The quantitative estimate of drug-likeness (QED) is 0.0468. The number of nitrogens with zero attached hydrogens (tertiary/aromatic N) is 5. The number of fused-ring (bicyclic) bond motifs is 1. The van der Waals surface area contributed by atoms with Crippen molar-refractivity contribution in [3.05, 3.63) is 41.6 Å². The molecule has 0 radical (unpaired) electrons. The lowest BCUT2D eigenvalue weighted by Crippen LogP contribution is -2.48. The van der Waals surface area contributed by atoms with Gasteiger partial charge in [-0.2, -0.15) is 16.7 Å². The first-order valence-corrected chi connectivity index (χ1v) is 22.5. The van der Waals surface area contributed by atoms with E-state index >= 15 is 0 Å². The van der Waals surface area contributed by atoms with E-state index in [2.05, 4.69) is 60.5 Å². The van der Waals surface area contributed by atoms with Crippen LogP contribution in [0.3, 0.4) is 0 Å². The van der Waals surface area contributed by atoms with Crippen molar-refractivity contribution in [1.29, 1.82) is 0 Å². The Balaban J connectivity index is 1.05. The van der Waals surface area contributed by atoms with Crippen LogP contribution in [-0.2, 0) is 46.5 Å². The highest BCUT2D eigenvalue weighted by atomic mass is 32.2. The molecule has 3 aromatic rings. The van der Waals surface area contributed by atoms with E-state index in [1.54, 1.807) is 7.11 Å². The number of ether oxygens (including phenoxy) is 3. The number of carboxylic acid groups (broad SMARTS) is 2. The molecule has 21 heteroatoms. The number of benzene rings is 1. The number of carbonyl (C=O) groups excluding carboxylic acids is 3. The molecule has 2 atom stereocenters. The van der Waals surface area contributed by atoms with Crippen LogP contribution in [0.1, 0.15) is 56.6 Å². The molecule has 1 unspecified atom stereocenters. The van der Waals surface area contributed by atoms with Gasteiger partial charge in [0.15, 0.2) is 5.82 Å². The highest BCUT2D eigenvalue weighted by Crippen LogP contribution is 2.28. The van der Waals surface area contributed by atoms with Gasteiger partial charge in [0, 0.05) is 88.5 Å². The van der Waals surface area contributed by atoms with Crippen LogP contribution in [0, 0.1) is 5.92 Å². The van der Waals surface area contributed by atoms with E-state index in [0.717, 1.165) is 90.9 Å². The minimum absolute atomic E-state index is 0.00149. The van der Waals surface area contributed by atoms with E-state index in [1.807, 2.05) is 17.2 Å². The minimum Gasteiger partial charge on any atom is -0.496 e. The Kier molecular flexibility index (Phi) is 21.7. The van der Waals surface area contributed by atoms with Crippen LogP contribution >= 0.6 is 11.8 Å². The molecule has 2 aromatic heterocycles. The predicted octanol–water partition coefficient (Wildman–Crippen LogP) is 1.60. The molecule has 0 spiro atoms.